The van der Waals surface area contributed by atoms with E-state index >= 15 is 0 Å². The van der Waals surface area contributed by atoms with Crippen molar-refractivity contribution in [1.82, 2.24) is 0 Å². The highest BCUT2D eigenvalue weighted by molar-refractivity contribution is 7.46. The molecule has 0 aromatic heterocycles. The van der Waals surface area contributed by atoms with Crippen LogP contribution in [0.4, 0.5) is 0 Å². The Bertz CT molecular complexity index is 182. The molecule has 0 aliphatic rings. The zero-order chi connectivity index (χ0) is 11.0. The van der Waals surface area contributed by atoms with Crippen molar-refractivity contribution in [1.29, 1.82) is 0 Å². The van der Waals surface area contributed by atoms with Gasteiger partial charge in [-0.2, -0.15) is 0 Å². The highest BCUT2D eigenvalue weighted by atomic mass is 31.2. The fourth-order valence-corrected chi connectivity index (χ4v) is 1.65. The second-order valence-electron chi connectivity index (χ2n) is 3.37. The summed E-state index contributed by atoms with van der Waals surface area (Å²) < 4.78 is 14.9. The summed E-state index contributed by atoms with van der Waals surface area (Å²) in [5, 5.41) is 0. The molecule has 0 bridgehead atoms. The van der Waals surface area contributed by atoms with Gasteiger partial charge in [-0.1, -0.05) is 19.8 Å². The first kappa shape index (κ1) is 14.1. The smallest absolute Gasteiger partial charge is 0.330 e. The topological polar surface area (TPSA) is 92.8 Å². The van der Waals surface area contributed by atoms with E-state index in [9.17, 15) is 4.57 Å². The van der Waals surface area contributed by atoms with Crippen molar-refractivity contribution >= 4 is 7.82 Å². The van der Waals surface area contributed by atoms with E-state index in [1.165, 1.54) is 0 Å². The fourth-order valence-electron chi connectivity index (χ4n) is 1.24. The third-order valence-corrected chi connectivity index (χ3v) is 2.50. The predicted octanol–water partition coefficient (Wildman–Crippen LogP) is 1.25. The third kappa shape index (κ3) is 8.66. The van der Waals surface area contributed by atoms with Crippen molar-refractivity contribution < 1.29 is 18.9 Å². The normalized spacial score (nSPS) is 14.3. The first-order chi connectivity index (χ1) is 6.49. The first-order valence-corrected chi connectivity index (χ1v) is 6.42. The molecule has 1 unspecified atom stereocenters. The van der Waals surface area contributed by atoms with Gasteiger partial charge in [0, 0.05) is 0 Å². The molecule has 1 atom stereocenters. The summed E-state index contributed by atoms with van der Waals surface area (Å²) >= 11 is 0. The van der Waals surface area contributed by atoms with Gasteiger partial charge in [-0.3, -0.25) is 4.52 Å². The second-order valence-corrected chi connectivity index (χ2v) is 4.61. The van der Waals surface area contributed by atoms with Crippen LogP contribution >= 0.6 is 7.82 Å². The minimum atomic E-state index is -4.32. The zero-order valence-corrected chi connectivity index (χ0v) is 9.45. The van der Waals surface area contributed by atoms with Crippen LogP contribution in [0.1, 0.15) is 32.6 Å². The van der Waals surface area contributed by atoms with Gasteiger partial charge in [0.05, 0.1) is 6.61 Å². The molecule has 0 aliphatic carbocycles. The van der Waals surface area contributed by atoms with E-state index in [-0.39, 0.29) is 12.5 Å². The van der Waals surface area contributed by atoms with Crippen LogP contribution < -0.4 is 5.73 Å². The van der Waals surface area contributed by atoms with Crippen LogP contribution in [-0.2, 0) is 9.09 Å². The van der Waals surface area contributed by atoms with Gasteiger partial charge < -0.3 is 15.5 Å². The largest absolute Gasteiger partial charge is 0.469 e. The molecule has 4 N–H and O–H groups in total. The van der Waals surface area contributed by atoms with Gasteiger partial charge in [-0.25, -0.2) is 4.57 Å². The third-order valence-electron chi connectivity index (χ3n) is 2.02. The molecule has 0 aliphatic heterocycles. The van der Waals surface area contributed by atoms with Crippen molar-refractivity contribution in [2.75, 3.05) is 13.2 Å². The molecular formula is C8H20NO4P. The lowest BCUT2D eigenvalue weighted by atomic mass is 10.00. The monoisotopic (exact) mass is 225 g/mol. The highest BCUT2D eigenvalue weighted by Gasteiger charge is 2.17. The molecule has 5 nitrogen and oxygen atoms in total. The molecule has 0 heterocycles. The second kappa shape index (κ2) is 7.37. The lowest BCUT2D eigenvalue weighted by molar-refractivity contribution is 0.160. The quantitative estimate of drug-likeness (QED) is 0.540. The number of phosphoric ester groups is 1. The van der Waals surface area contributed by atoms with E-state index in [4.69, 9.17) is 15.5 Å². The maximum absolute atomic E-state index is 10.5. The van der Waals surface area contributed by atoms with Crippen LogP contribution in [0.3, 0.4) is 0 Å². The number of hydrogen-bond donors (Lipinski definition) is 3. The summed E-state index contributed by atoms with van der Waals surface area (Å²) in [5.74, 6) is 0.160. The molecule has 0 amide bonds. The number of rotatable bonds is 8. The Labute approximate surface area is 84.9 Å². The van der Waals surface area contributed by atoms with Gasteiger partial charge in [0.25, 0.3) is 0 Å². The van der Waals surface area contributed by atoms with Gasteiger partial charge in [0.15, 0.2) is 0 Å². The van der Waals surface area contributed by atoms with E-state index in [1.807, 2.05) is 0 Å². The number of unbranched alkanes of at least 4 members (excludes halogenated alkanes) is 1. The lowest BCUT2D eigenvalue weighted by Gasteiger charge is -2.15. The maximum atomic E-state index is 10.5. The SMILES string of the molecule is CCCCC(CCN)COP(=O)(O)O. The van der Waals surface area contributed by atoms with E-state index in [2.05, 4.69) is 11.4 Å². The molecular weight excluding hydrogens is 205 g/mol. The minimum absolute atomic E-state index is 0.0987. The average Bonchev–Trinajstić information content (AvgIpc) is 2.08. The van der Waals surface area contributed by atoms with Crippen LogP contribution in [0.15, 0.2) is 0 Å². The standard InChI is InChI=1S/C8H20NO4P/c1-2-3-4-8(5-6-9)7-13-14(10,11)12/h8H,2-7,9H2,1H3,(H2,10,11,12). The average molecular weight is 225 g/mol. The molecule has 86 valence electrons. The molecule has 0 saturated carbocycles. The van der Waals surface area contributed by atoms with E-state index in [0.29, 0.717) is 6.54 Å². The van der Waals surface area contributed by atoms with Crippen LogP contribution in [-0.4, -0.2) is 22.9 Å². The maximum Gasteiger partial charge on any atom is 0.469 e. The van der Waals surface area contributed by atoms with Crippen LogP contribution in [0.25, 0.3) is 0 Å². The zero-order valence-electron chi connectivity index (χ0n) is 8.56. The Morgan fingerprint density at radius 2 is 2.07 bits per heavy atom. The number of phosphoric acid groups is 1. The Hall–Kier alpha value is 0.0700. The van der Waals surface area contributed by atoms with Crippen LogP contribution in [0.2, 0.25) is 0 Å². The van der Waals surface area contributed by atoms with Crippen LogP contribution in [0, 0.1) is 5.92 Å². The van der Waals surface area contributed by atoms with E-state index in [0.717, 1.165) is 25.7 Å². The first-order valence-electron chi connectivity index (χ1n) is 4.89. The van der Waals surface area contributed by atoms with Gasteiger partial charge >= 0.3 is 7.82 Å². The fraction of sp³-hybridized carbons (Fsp3) is 1.00. The molecule has 0 aromatic rings. The Morgan fingerprint density at radius 3 is 2.50 bits per heavy atom. The summed E-state index contributed by atoms with van der Waals surface area (Å²) in [6.45, 7) is 2.70. The molecule has 14 heavy (non-hydrogen) atoms. The van der Waals surface area contributed by atoms with Gasteiger partial charge in [-0.15, -0.1) is 0 Å². The van der Waals surface area contributed by atoms with Crippen molar-refractivity contribution in [3.8, 4) is 0 Å². The van der Waals surface area contributed by atoms with Crippen molar-refractivity contribution in [2.45, 2.75) is 32.6 Å². The van der Waals surface area contributed by atoms with Gasteiger partial charge in [0.2, 0.25) is 0 Å². The molecule has 6 heteroatoms. The van der Waals surface area contributed by atoms with Crippen LogP contribution in [0.5, 0.6) is 0 Å². The molecule has 0 rings (SSSR count). The lowest BCUT2D eigenvalue weighted by Crippen LogP contribution is -2.14. The number of hydrogen-bond acceptors (Lipinski definition) is 3. The summed E-state index contributed by atoms with van der Waals surface area (Å²) in [4.78, 5) is 17.0. The predicted molar refractivity (Wildman–Crippen MR) is 54.7 cm³/mol. The molecule has 0 spiro atoms. The molecule has 0 saturated heterocycles. The molecule has 0 fully saturated rings. The van der Waals surface area contributed by atoms with E-state index < -0.39 is 7.82 Å². The summed E-state index contributed by atoms with van der Waals surface area (Å²) in [7, 11) is -4.32. The van der Waals surface area contributed by atoms with E-state index in [1.54, 1.807) is 0 Å². The minimum Gasteiger partial charge on any atom is -0.330 e. The van der Waals surface area contributed by atoms with Gasteiger partial charge in [0.1, 0.15) is 0 Å². The molecule has 0 radical (unpaired) electrons. The highest BCUT2D eigenvalue weighted by Crippen LogP contribution is 2.36. The van der Waals surface area contributed by atoms with Crippen molar-refractivity contribution in [3.63, 3.8) is 0 Å². The summed E-state index contributed by atoms with van der Waals surface area (Å²) in [5.41, 5.74) is 5.39. The van der Waals surface area contributed by atoms with Gasteiger partial charge in [-0.05, 0) is 25.3 Å². The van der Waals surface area contributed by atoms with Crippen molar-refractivity contribution in [2.24, 2.45) is 11.7 Å². The Morgan fingerprint density at radius 1 is 1.43 bits per heavy atom. The summed E-state index contributed by atoms with van der Waals surface area (Å²) in [6, 6.07) is 0. The summed E-state index contributed by atoms with van der Waals surface area (Å²) in [6.07, 6.45) is 3.76. The number of nitrogens with two attached hydrogens (primary N) is 1. The molecule has 0 aromatic carbocycles. The van der Waals surface area contributed by atoms with Crippen molar-refractivity contribution in [3.05, 3.63) is 0 Å². The Kier molecular flexibility index (Phi) is 7.41. The Balaban J connectivity index is 3.78.